The van der Waals surface area contributed by atoms with Crippen molar-refractivity contribution in [3.63, 3.8) is 0 Å². The minimum absolute atomic E-state index is 0.214. The first-order valence-electron chi connectivity index (χ1n) is 6.12. The SMILES string of the molecule is Cc1ccccc1-n1c(=O)nc(N)c2ccc(Cl)cc21. The molecule has 4 nitrogen and oxygen atoms in total. The van der Waals surface area contributed by atoms with Crippen LogP contribution in [-0.4, -0.2) is 9.55 Å². The van der Waals surface area contributed by atoms with E-state index in [1.807, 2.05) is 31.2 Å². The van der Waals surface area contributed by atoms with Crippen LogP contribution in [-0.2, 0) is 0 Å². The van der Waals surface area contributed by atoms with E-state index in [0.29, 0.717) is 15.9 Å². The van der Waals surface area contributed by atoms with Gasteiger partial charge < -0.3 is 5.73 Å². The van der Waals surface area contributed by atoms with Gasteiger partial charge in [0.2, 0.25) is 0 Å². The molecule has 1 aromatic heterocycles. The van der Waals surface area contributed by atoms with Crippen molar-refractivity contribution in [2.24, 2.45) is 0 Å². The van der Waals surface area contributed by atoms with Gasteiger partial charge in [0.1, 0.15) is 5.82 Å². The van der Waals surface area contributed by atoms with Gasteiger partial charge in [-0.2, -0.15) is 4.98 Å². The predicted octanol–water partition coefficient (Wildman–Crippen LogP) is 2.93. The maximum Gasteiger partial charge on any atom is 0.354 e. The first kappa shape index (κ1) is 12.7. The Bertz CT molecular complexity index is 871. The van der Waals surface area contributed by atoms with Gasteiger partial charge in [-0.1, -0.05) is 29.8 Å². The highest BCUT2D eigenvalue weighted by atomic mass is 35.5. The van der Waals surface area contributed by atoms with E-state index < -0.39 is 5.69 Å². The van der Waals surface area contributed by atoms with Gasteiger partial charge in [0.15, 0.2) is 0 Å². The zero-order valence-corrected chi connectivity index (χ0v) is 11.6. The Morgan fingerprint density at radius 3 is 2.70 bits per heavy atom. The largest absolute Gasteiger partial charge is 0.383 e. The molecule has 0 unspecified atom stereocenters. The molecule has 2 aromatic carbocycles. The van der Waals surface area contributed by atoms with Crippen molar-refractivity contribution < 1.29 is 0 Å². The van der Waals surface area contributed by atoms with Crippen LogP contribution in [0.3, 0.4) is 0 Å². The summed E-state index contributed by atoms with van der Waals surface area (Å²) in [6.07, 6.45) is 0. The van der Waals surface area contributed by atoms with E-state index in [2.05, 4.69) is 4.98 Å². The van der Waals surface area contributed by atoms with Gasteiger partial charge in [0, 0.05) is 10.4 Å². The number of nitrogen functional groups attached to an aromatic ring is 1. The molecule has 0 aliphatic carbocycles. The summed E-state index contributed by atoms with van der Waals surface area (Å²) < 4.78 is 1.53. The highest BCUT2D eigenvalue weighted by Gasteiger charge is 2.11. The fourth-order valence-electron chi connectivity index (χ4n) is 2.27. The molecular weight excluding hydrogens is 274 g/mol. The first-order valence-corrected chi connectivity index (χ1v) is 6.49. The standard InChI is InChI=1S/C15H12ClN3O/c1-9-4-2-3-5-12(9)19-13-8-10(16)6-7-11(13)14(17)18-15(19)20/h2-8H,1H3,(H2,17,18,20). The fourth-order valence-corrected chi connectivity index (χ4v) is 2.44. The molecule has 0 saturated carbocycles. The van der Waals surface area contributed by atoms with Crippen LogP contribution in [0.15, 0.2) is 47.3 Å². The zero-order chi connectivity index (χ0) is 14.3. The molecule has 0 radical (unpaired) electrons. The minimum atomic E-state index is -0.411. The van der Waals surface area contributed by atoms with Gasteiger partial charge in [-0.25, -0.2) is 4.79 Å². The van der Waals surface area contributed by atoms with Crippen molar-refractivity contribution in [3.05, 3.63) is 63.5 Å². The number of aromatic nitrogens is 2. The summed E-state index contributed by atoms with van der Waals surface area (Å²) in [5.74, 6) is 0.214. The van der Waals surface area contributed by atoms with Gasteiger partial charge in [-0.15, -0.1) is 0 Å². The normalized spacial score (nSPS) is 10.9. The third kappa shape index (κ3) is 1.94. The molecule has 0 aliphatic heterocycles. The number of rotatable bonds is 1. The van der Waals surface area contributed by atoms with E-state index in [1.54, 1.807) is 18.2 Å². The number of benzene rings is 2. The van der Waals surface area contributed by atoms with Crippen LogP contribution in [0.1, 0.15) is 5.56 Å². The molecular formula is C15H12ClN3O. The summed E-state index contributed by atoms with van der Waals surface area (Å²) >= 11 is 6.05. The lowest BCUT2D eigenvalue weighted by Crippen LogP contribution is -2.23. The summed E-state index contributed by atoms with van der Waals surface area (Å²) in [5.41, 5.74) is 7.82. The highest BCUT2D eigenvalue weighted by Crippen LogP contribution is 2.24. The third-order valence-electron chi connectivity index (χ3n) is 3.24. The lowest BCUT2D eigenvalue weighted by molar-refractivity contribution is 0.956. The quantitative estimate of drug-likeness (QED) is 0.748. The summed E-state index contributed by atoms with van der Waals surface area (Å²) in [6, 6.07) is 12.8. The van der Waals surface area contributed by atoms with Crippen LogP contribution in [0.5, 0.6) is 0 Å². The summed E-state index contributed by atoms with van der Waals surface area (Å²) in [7, 11) is 0. The van der Waals surface area contributed by atoms with Crippen molar-refractivity contribution in [3.8, 4) is 5.69 Å². The van der Waals surface area contributed by atoms with Crippen LogP contribution >= 0.6 is 11.6 Å². The molecule has 0 amide bonds. The van der Waals surface area contributed by atoms with Gasteiger partial charge in [0.25, 0.3) is 0 Å². The number of aryl methyl sites for hydroxylation is 1. The van der Waals surface area contributed by atoms with Crippen molar-refractivity contribution in [2.75, 3.05) is 5.73 Å². The number of fused-ring (bicyclic) bond motifs is 1. The average Bonchev–Trinajstić information content (AvgIpc) is 2.40. The monoisotopic (exact) mass is 285 g/mol. The molecule has 0 spiro atoms. The van der Waals surface area contributed by atoms with E-state index >= 15 is 0 Å². The molecule has 0 atom stereocenters. The van der Waals surface area contributed by atoms with Crippen LogP contribution in [0.25, 0.3) is 16.6 Å². The molecule has 1 heterocycles. The molecule has 100 valence electrons. The molecule has 3 aromatic rings. The van der Waals surface area contributed by atoms with Crippen LogP contribution < -0.4 is 11.4 Å². The summed E-state index contributed by atoms with van der Waals surface area (Å²) in [4.78, 5) is 16.1. The zero-order valence-electron chi connectivity index (χ0n) is 10.8. The Morgan fingerprint density at radius 2 is 1.95 bits per heavy atom. The van der Waals surface area contributed by atoms with Gasteiger partial charge in [0.05, 0.1) is 11.2 Å². The smallest absolute Gasteiger partial charge is 0.354 e. The molecule has 0 saturated heterocycles. The second-order valence-corrected chi connectivity index (χ2v) is 5.00. The molecule has 5 heteroatoms. The Labute approximate surface area is 120 Å². The van der Waals surface area contributed by atoms with Crippen molar-refractivity contribution >= 4 is 28.3 Å². The lowest BCUT2D eigenvalue weighted by atomic mass is 10.1. The molecule has 0 fully saturated rings. The summed E-state index contributed by atoms with van der Waals surface area (Å²) in [5, 5.41) is 1.25. The molecule has 0 aliphatic rings. The Kier molecular flexibility index (Phi) is 2.95. The Hall–Kier alpha value is -2.33. The van der Waals surface area contributed by atoms with Crippen LogP contribution in [0.4, 0.5) is 5.82 Å². The maximum atomic E-state index is 12.2. The Balaban J connectivity index is 2.50. The Morgan fingerprint density at radius 1 is 1.20 bits per heavy atom. The van der Waals surface area contributed by atoms with E-state index in [-0.39, 0.29) is 5.82 Å². The number of hydrogen-bond donors (Lipinski definition) is 1. The molecule has 0 bridgehead atoms. The second-order valence-electron chi connectivity index (χ2n) is 4.56. The first-order chi connectivity index (χ1) is 9.58. The van der Waals surface area contributed by atoms with Crippen molar-refractivity contribution in [2.45, 2.75) is 6.92 Å². The summed E-state index contributed by atoms with van der Waals surface area (Å²) in [6.45, 7) is 1.94. The van der Waals surface area contributed by atoms with Crippen molar-refractivity contribution in [1.82, 2.24) is 9.55 Å². The molecule has 2 N–H and O–H groups in total. The van der Waals surface area contributed by atoms with E-state index in [0.717, 1.165) is 11.3 Å². The topological polar surface area (TPSA) is 60.9 Å². The van der Waals surface area contributed by atoms with Crippen LogP contribution in [0, 0.1) is 6.92 Å². The molecule has 3 rings (SSSR count). The number of nitrogens with zero attached hydrogens (tertiary/aromatic N) is 2. The maximum absolute atomic E-state index is 12.2. The average molecular weight is 286 g/mol. The van der Waals surface area contributed by atoms with Crippen LogP contribution in [0.2, 0.25) is 5.02 Å². The number of para-hydroxylation sites is 1. The van der Waals surface area contributed by atoms with Gasteiger partial charge >= 0.3 is 5.69 Å². The van der Waals surface area contributed by atoms with Gasteiger partial charge in [-0.05, 0) is 36.8 Å². The lowest BCUT2D eigenvalue weighted by Gasteiger charge is -2.13. The number of hydrogen-bond acceptors (Lipinski definition) is 3. The number of anilines is 1. The highest BCUT2D eigenvalue weighted by molar-refractivity contribution is 6.31. The van der Waals surface area contributed by atoms with E-state index in [9.17, 15) is 4.79 Å². The number of halogens is 1. The third-order valence-corrected chi connectivity index (χ3v) is 3.48. The fraction of sp³-hybridized carbons (Fsp3) is 0.0667. The van der Waals surface area contributed by atoms with E-state index in [1.165, 1.54) is 4.57 Å². The van der Waals surface area contributed by atoms with Gasteiger partial charge in [-0.3, -0.25) is 4.57 Å². The predicted molar refractivity (Wildman–Crippen MR) is 81.5 cm³/mol. The number of nitrogens with two attached hydrogens (primary N) is 1. The minimum Gasteiger partial charge on any atom is -0.383 e. The van der Waals surface area contributed by atoms with Crippen molar-refractivity contribution in [1.29, 1.82) is 0 Å². The van der Waals surface area contributed by atoms with E-state index in [4.69, 9.17) is 17.3 Å². The molecule has 20 heavy (non-hydrogen) atoms. The second kappa shape index (κ2) is 4.65.